The number of aromatic nitrogens is 2. The van der Waals surface area contributed by atoms with Gasteiger partial charge >= 0.3 is 5.82 Å². The zero-order valence-corrected chi connectivity index (χ0v) is 11.4. The van der Waals surface area contributed by atoms with Crippen molar-refractivity contribution < 1.29 is 13.3 Å². The zero-order valence-electron chi connectivity index (χ0n) is 10.6. The molecule has 0 saturated heterocycles. The molecule has 9 heteroatoms. The number of nitro groups is 1. The van der Waals surface area contributed by atoms with Crippen LogP contribution in [0.5, 0.6) is 0 Å². The molecule has 0 saturated carbocycles. The van der Waals surface area contributed by atoms with Gasteiger partial charge in [-0.25, -0.2) is 13.6 Å². The van der Waals surface area contributed by atoms with Crippen molar-refractivity contribution >= 4 is 15.8 Å². The first-order chi connectivity index (χ1) is 9.29. The summed E-state index contributed by atoms with van der Waals surface area (Å²) in [6, 6.07) is 7.40. The molecule has 0 spiro atoms. The molecule has 2 aromatic rings. The highest BCUT2D eigenvalue weighted by atomic mass is 32.2. The van der Waals surface area contributed by atoms with Crippen LogP contribution in [0.1, 0.15) is 11.1 Å². The molecule has 8 nitrogen and oxygen atoms in total. The fourth-order valence-corrected chi connectivity index (χ4v) is 2.40. The lowest BCUT2D eigenvalue weighted by atomic mass is 10.1. The smallest absolute Gasteiger partial charge is 0.358 e. The number of rotatable bonds is 4. The third kappa shape index (κ3) is 2.83. The molecule has 0 aliphatic rings. The lowest BCUT2D eigenvalue weighted by Gasteiger charge is -2.02. The zero-order chi connectivity index (χ0) is 14.9. The number of hydrogen-bond donors (Lipinski definition) is 1. The summed E-state index contributed by atoms with van der Waals surface area (Å²) in [5.41, 5.74) is 1.86. The average molecular weight is 296 g/mol. The summed E-state index contributed by atoms with van der Waals surface area (Å²) in [6.07, 6.45) is 1.07. The van der Waals surface area contributed by atoms with Crippen LogP contribution in [0, 0.1) is 17.0 Å². The third-order valence-corrected chi connectivity index (χ3v) is 3.68. The maximum Gasteiger partial charge on any atom is 0.410 e. The molecule has 0 aliphatic heterocycles. The van der Waals surface area contributed by atoms with Crippen molar-refractivity contribution in [2.45, 2.75) is 18.4 Å². The summed E-state index contributed by atoms with van der Waals surface area (Å²) in [7, 11) is -4.19. The van der Waals surface area contributed by atoms with Gasteiger partial charge < -0.3 is 10.1 Å². The van der Waals surface area contributed by atoms with E-state index in [1.54, 1.807) is 0 Å². The summed E-state index contributed by atoms with van der Waals surface area (Å²) < 4.78 is 23.8. The molecule has 0 unspecified atom stereocenters. The van der Waals surface area contributed by atoms with Crippen LogP contribution in [-0.2, 0) is 16.6 Å². The van der Waals surface area contributed by atoms with Crippen molar-refractivity contribution in [1.29, 1.82) is 0 Å². The Balaban J connectivity index is 2.45. The van der Waals surface area contributed by atoms with Crippen molar-refractivity contribution in [2.24, 2.45) is 5.14 Å². The molecule has 0 aliphatic carbocycles. The Hall–Kier alpha value is -2.26. The fourth-order valence-electron chi connectivity index (χ4n) is 1.76. The monoisotopic (exact) mass is 296 g/mol. The Bertz CT molecular complexity index is 766. The van der Waals surface area contributed by atoms with Gasteiger partial charge in [-0.1, -0.05) is 24.3 Å². The van der Waals surface area contributed by atoms with E-state index in [0.29, 0.717) is 0 Å². The maximum atomic E-state index is 11.3. The molecule has 2 rings (SSSR count). The number of hydrogen-bond acceptors (Lipinski definition) is 5. The molecule has 20 heavy (non-hydrogen) atoms. The SMILES string of the molecule is Cc1ccccc1Cn1cc(S(N)(=O)=O)c([N+](=O)[O-])n1. The molecule has 106 valence electrons. The molecule has 0 bridgehead atoms. The summed E-state index contributed by atoms with van der Waals surface area (Å²) in [5.74, 6) is -0.763. The third-order valence-electron chi connectivity index (χ3n) is 2.78. The van der Waals surface area contributed by atoms with E-state index in [0.717, 1.165) is 17.3 Å². The Morgan fingerprint density at radius 1 is 1.40 bits per heavy atom. The first-order valence-electron chi connectivity index (χ1n) is 5.58. The highest BCUT2D eigenvalue weighted by molar-refractivity contribution is 7.89. The largest absolute Gasteiger partial charge is 0.410 e. The van der Waals surface area contributed by atoms with Gasteiger partial charge in [0.05, 0.1) is 17.8 Å². The van der Waals surface area contributed by atoms with Crippen LogP contribution >= 0.6 is 0 Å². The quantitative estimate of drug-likeness (QED) is 0.660. The molecular weight excluding hydrogens is 284 g/mol. The van der Waals surface area contributed by atoms with Gasteiger partial charge in [-0.3, -0.25) is 0 Å². The van der Waals surface area contributed by atoms with Gasteiger partial charge in [-0.15, -0.1) is 0 Å². The van der Waals surface area contributed by atoms with E-state index in [1.165, 1.54) is 4.68 Å². The van der Waals surface area contributed by atoms with E-state index in [9.17, 15) is 18.5 Å². The lowest BCUT2D eigenvalue weighted by Crippen LogP contribution is -2.13. The number of nitrogens with zero attached hydrogens (tertiary/aromatic N) is 3. The number of sulfonamides is 1. The van der Waals surface area contributed by atoms with E-state index in [1.807, 2.05) is 31.2 Å². The first kappa shape index (κ1) is 14.2. The van der Waals surface area contributed by atoms with E-state index in [4.69, 9.17) is 5.14 Å². The van der Waals surface area contributed by atoms with Gasteiger partial charge in [-0.05, 0) is 23.0 Å². The van der Waals surface area contributed by atoms with Crippen molar-refractivity contribution in [3.8, 4) is 0 Å². The van der Waals surface area contributed by atoms with Gasteiger partial charge in [0.2, 0.25) is 14.9 Å². The number of primary sulfonamides is 1. The molecular formula is C11H12N4O4S. The van der Waals surface area contributed by atoms with Crippen LogP contribution in [0.4, 0.5) is 5.82 Å². The molecule has 1 heterocycles. The van der Waals surface area contributed by atoms with Gasteiger partial charge in [0.25, 0.3) is 0 Å². The number of aryl methyl sites for hydroxylation is 1. The van der Waals surface area contributed by atoms with E-state index >= 15 is 0 Å². The molecule has 1 aromatic heterocycles. The van der Waals surface area contributed by atoms with Crippen LogP contribution < -0.4 is 5.14 Å². The van der Waals surface area contributed by atoms with Crippen molar-refractivity contribution in [3.05, 3.63) is 51.7 Å². The molecule has 0 atom stereocenters. The summed E-state index contributed by atoms with van der Waals surface area (Å²) >= 11 is 0. The fraction of sp³-hybridized carbons (Fsp3) is 0.182. The summed E-state index contributed by atoms with van der Waals surface area (Å²) in [4.78, 5) is 9.36. The number of benzene rings is 1. The van der Waals surface area contributed by atoms with Crippen LogP contribution in [-0.4, -0.2) is 23.1 Å². The van der Waals surface area contributed by atoms with E-state index in [2.05, 4.69) is 5.10 Å². The standard InChI is InChI=1S/C11H12N4O4S/c1-8-4-2-3-5-9(8)6-14-7-10(20(12,18)19)11(13-14)15(16)17/h2-5,7H,6H2,1H3,(H2,12,18,19). The summed E-state index contributed by atoms with van der Waals surface area (Å²) in [6.45, 7) is 2.11. The molecule has 0 radical (unpaired) electrons. The highest BCUT2D eigenvalue weighted by Crippen LogP contribution is 2.21. The van der Waals surface area contributed by atoms with Crippen molar-refractivity contribution in [3.63, 3.8) is 0 Å². The lowest BCUT2D eigenvalue weighted by molar-refractivity contribution is -0.392. The molecule has 2 N–H and O–H groups in total. The van der Waals surface area contributed by atoms with Gasteiger partial charge in [0.1, 0.15) is 0 Å². The van der Waals surface area contributed by atoms with E-state index < -0.39 is 25.7 Å². The highest BCUT2D eigenvalue weighted by Gasteiger charge is 2.28. The van der Waals surface area contributed by atoms with Crippen molar-refractivity contribution in [2.75, 3.05) is 0 Å². The van der Waals surface area contributed by atoms with Crippen molar-refractivity contribution in [1.82, 2.24) is 9.78 Å². The predicted octanol–water partition coefficient (Wildman–Crippen LogP) is 0.795. The maximum absolute atomic E-state index is 11.3. The van der Waals surface area contributed by atoms with Crippen LogP contribution in [0.15, 0.2) is 35.4 Å². The molecule has 0 amide bonds. The second-order valence-electron chi connectivity index (χ2n) is 4.24. The second kappa shape index (κ2) is 5.02. The van der Waals surface area contributed by atoms with Gasteiger partial charge in [0.15, 0.2) is 0 Å². The minimum Gasteiger partial charge on any atom is -0.358 e. The second-order valence-corrected chi connectivity index (χ2v) is 5.77. The Labute approximate surface area is 115 Å². The Morgan fingerprint density at radius 3 is 2.55 bits per heavy atom. The first-order valence-corrected chi connectivity index (χ1v) is 7.13. The van der Waals surface area contributed by atoms with Crippen LogP contribution in [0.25, 0.3) is 0 Å². The normalized spacial score (nSPS) is 11.5. The van der Waals surface area contributed by atoms with Crippen LogP contribution in [0.3, 0.4) is 0 Å². The summed E-state index contributed by atoms with van der Waals surface area (Å²) in [5, 5.41) is 19.4. The van der Waals surface area contributed by atoms with Crippen LogP contribution in [0.2, 0.25) is 0 Å². The predicted molar refractivity (Wildman–Crippen MR) is 70.5 cm³/mol. The van der Waals surface area contributed by atoms with Gasteiger partial charge in [-0.2, -0.15) is 4.68 Å². The van der Waals surface area contributed by atoms with E-state index in [-0.39, 0.29) is 6.54 Å². The average Bonchev–Trinajstić information content (AvgIpc) is 2.76. The number of nitrogens with two attached hydrogens (primary N) is 1. The van der Waals surface area contributed by atoms with Gasteiger partial charge in [0, 0.05) is 0 Å². The Morgan fingerprint density at radius 2 is 2.05 bits per heavy atom. The minimum absolute atomic E-state index is 0.225. The Kier molecular flexibility index (Phi) is 3.55. The minimum atomic E-state index is -4.19. The molecule has 0 fully saturated rings. The molecule has 1 aromatic carbocycles. The topological polar surface area (TPSA) is 121 Å².